The molecule has 1 amide bonds. The first kappa shape index (κ1) is 13.7. The van der Waals surface area contributed by atoms with Gasteiger partial charge in [-0.1, -0.05) is 26.0 Å². The number of carbonyl (C=O) groups excluding carboxylic acids is 1. The highest BCUT2D eigenvalue weighted by Crippen LogP contribution is 2.06. The molecule has 94 valence electrons. The zero-order chi connectivity index (χ0) is 12.8. The first-order valence-electron chi connectivity index (χ1n) is 6.01. The molecule has 0 aromatic heterocycles. The lowest BCUT2D eigenvalue weighted by atomic mass is 10.1. The zero-order valence-electron chi connectivity index (χ0n) is 11.2. The summed E-state index contributed by atoms with van der Waals surface area (Å²) in [6.45, 7) is 5.78. The second-order valence-corrected chi connectivity index (χ2v) is 5.04. The van der Waals surface area contributed by atoms with Crippen molar-refractivity contribution in [2.75, 3.05) is 20.6 Å². The summed E-state index contributed by atoms with van der Waals surface area (Å²) in [5.74, 6) is 0.488. The minimum absolute atomic E-state index is 0.00935. The summed E-state index contributed by atoms with van der Waals surface area (Å²) in [5, 5.41) is 2.91. The summed E-state index contributed by atoms with van der Waals surface area (Å²) >= 11 is 0. The third-order valence-electron chi connectivity index (χ3n) is 2.39. The zero-order valence-corrected chi connectivity index (χ0v) is 11.2. The summed E-state index contributed by atoms with van der Waals surface area (Å²) < 4.78 is 0. The average Bonchev–Trinajstić information content (AvgIpc) is 2.26. The van der Waals surface area contributed by atoms with Crippen molar-refractivity contribution in [3.8, 4) is 0 Å². The van der Waals surface area contributed by atoms with E-state index in [0.717, 1.165) is 18.7 Å². The monoisotopic (exact) mass is 234 g/mol. The van der Waals surface area contributed by atoms with Crippen LogP contribution in [0.4, 0.5) is 0 Å². The van der Waals surface area contributed by atoms with Crippen LogP contribution < -0.4 is 5.32 Å². The minimum Gasteiger partial charge on any atom is -0.352 e. The molecule has 17 heavy (non-hydrogen) atoms. The van der Waals surface area contributed by atoms with E-state index in [9.17, 15) is 4.79 Å². The molecule has 1 aromatic carbocycles. The van der Waals surface area contributed by atoms with Gasteiger partial charge in [-0.3, -0.25) is 4.79 Å². The number of nitrogens with zero attached hydrogens (tertiary/aromatic N) is 1. The topological polar surface area (TPSA) is 32.3 Å². The van der Waals surface area contributed by atoms with Crippen LogP contribution in [0.25, 0.3) is 0 Å². The molecular formula is C14H22N2O. The fraction of sp³-hybridized carbons (Fsp3) is 0.500. The fourth-order valence-electron chi connectivity index (χ4n) is 1.53. The van der Waals surface area contributed by atoms with Gasteiger partial charge in [-0.15, -0.1) is 0 Å². The van der Waals surface area contributed by atoms with Crippen molar-refractivity contribution in [1.29, 1.82) is 0 Å². The van der Waals surface area contributed by atoms with E-state index in [0.29, 0.717) is 5.92 Å². The number of carbonyl (C=O) groups is 1. The summed E-state index contributed by atoms with van der Waals surface area (Å²) in [6, 6.07) is 7.78. The summed E-state index contributed by atoms with van der Waals surface area (Å²) in [5.41, 5.74) is 1.95. The summed E-state index contributed by atoms with van der Waals surface area (Å²) in [4.78, 5) is 13.9. The van der Waals surface area contributed by atoms with Gasteiger partial charge in [-0.25, -0.2) is 0 Å². The molecule has 0 unspecified atom stereocenters. The van der Waals surface area contributed by atoms with E-state index in [4.69, 9.17) is 0 Å². The Hall–Kier alpha value is -1.35. The van der Waals surface area contributed by atoms with Crippen molar-refractivity contribution < 1.29 is 4.79 Å². The van der Waals surface area contributed by atoms with Crippen LogP contribution in [0, 0.1) is 5.92 Å². The van der Waals surface area contributed by atoms with Gasteiger partial charge in [0.15, 0.2) is 0 Å². The van der Waals surface area contributed by atoms with Gasteiger partial charge in [0, 0.05) is 18.7 Å². The number of rotatable bonds is 5. The molecule has 3 heteroatoms. The largest absolute Gasteiger partial charge is 0.352 e. The van der Waals surface area contributed by atoms with Gasteiger partial charge in [-0.05, 0) is 37.7 Å². The fourth-order valence-corrected chi connectivity index (χ4v) is 1.53. The van der Waals surface area contributed by atoms with E-state index in [1.165, 1.54) is 5.56 Å². The highest BCUT2D eigenvalue weighted by Gasteiger charge is 2.05. The molecule has 1 rings (SSSR count). The molecule has 1 N–H and O–H groups in total. The molecule has 0 saturated heterocycles. The van der Waals surface area contributed by atoms with Crippen LogP contribution in [0.15, 0.2) is 24.3 Å². The van der Waals surface area contributed by atoms with E-state index in [1.54, 1.807) is 0 Å². The van der Waals surface area contributed by atoms with Gasteiger partial charge in [0.2, 0.25) is 0 Å². The van der Waals surface area contributed by atoms with Crippen LogP contribution in [0.3, 0.4) is 0 Å². The molecule has 0 spiro atoms. The predicted octanol–water partition coefficient (Wildman–Crippen LogP) is 2.13. The molecule has 0 atom stereocenters. The maximum atomic E-state index is 11.8. The lowest BCUT2D eigenvalue weighted by Crippen LogP contribution is -2.27. The van der Waals surface area contributed by atoms with E-state index >= 15 is 0 Å². The van der Waals surface area contributed by atoms with Crippen LogP contribution in [0.5, 0.6) is 0 Å². The van der Waals surface area contributed by atoms with E-state index in [1.807, 2.05) is 38.4 Å². The molecule has 0 aliphatic carbocycles. The summed E-state index contributed by atoms with van der Waals surface area (Å²) in [7, 11) is 4.06. The lowest BCUT2D eigenvalue weighted by Gasteiger charge is -2.11. The lowest BCUT2D eigenvalue weighted by molar-refractivity contribution is 0.0949. The maximum absolute atomic E-state index is 11.8. The van der Waals surface area contributed by atoms with Crippen LogP contribution in [-0.2, 0) is 6.54 Å². The first-order chi connectivity index (χ1) is 7.99. The van der Waals surface area contributed by atoms with Gasteiger partial charge in [0.1, 0.15) is 0 Å². The highest BCUT2D eigenvalue weighted by molar-refractivity contribution is 5.94. The van der Waals surface area contributed by atoms with Gasteiger partial charge in [0.25, 0.3) is 5.91 Å². The Kier molecular flexibility index (Phi) is 5.16. The molecular weight excluding hydrogens is 212 g/mol. The van der Waals surface area contributed by atoms with Crippen molar-refractivity contribution in [2.24, 2.45) is 5.92 Å². The summed E-state index contributed by atoms with van der Waals surface area (Å²) in [6.07, 6.45) is 0. The average molecular weight is 234 g/mol. The molecule has 0 fully saturated rings. The Labute approximate surface area is 104 Å². The molecule has 0 aliphatic heterocycles. The predicted molar refractivity (Wildman–Crippen MR) is 71.0 cm³/mol. The van der Waals surface area contributed by atoms with Crippen molar-refractivity contribution in [1.82, 2.24) is 10.2 Å². The quantitative estimate of drug-likeness (QED) is 0.846. The van der Waals surface area contributed by atoms with Crippen molar-refractivity contribution >= 4 is 5.91 Å². The number of hydrogen-bond acceptors (Lipinski definition) is 2. The molecule has 0 saturated carbocycles. The molecule has 1 aromatic rings. The third kappa shape index (κ3) is 5.00. The van der Waals surface area contributed by atoms with Crippen LogP contribution in [0.1, 0.15) is 29.8 Å². The Morgan fingerprint density at radius 3 is 2.29 bits per heavy atom. The molecule has 0 radical (unpaired) electrons. The van der Waals surface area contributed by atoms with Gasteiger partial charge in [-0.2, -0.15) is 0 Å². The molecule has 0 heterocycles. The SMILES string of the molecule is CC(C)CNC(=O)c1ccc(CN(C)C)cc1. The van der Waals surface area contributed by atoms with E-state index < -0.39 is 0 Å². The van der Waals surface area contributed by atoms with Gasteiger partial charge >= 0.3 is 0 Å². The Morgan fingerprint density at radius 1 is 1.24 bits per heavy atom. The molecule has 0 aliphatic rings. The highest BCUT2D eigenvalue weighted by atomic mass is 16.1. The second kappa shape index (κ2) is 6.40. The van der Waals surface area contributed by atoms with Gasteiger partial charge < -0.3 is 10.2 Å². The molecule has 3 nitrogen and oxygen atoms in total. The van der Waals surface area contributed by atoms with Crippen molar-refractivity contribution in [3.63, 3.8) is 0 Å². The number of nitrogens with one attached hydrogen (secondary N) is 1. The smallest absolute Gasteiger partial charge is 0.251 e. The Bertz CT molecular complexity index is 355. The number of benzene rings is 1. The van der Waals surface area contributed by atoms with Crippen LogP contribution in [-0.4, -0.2) is 31.4 Å². The minimum atomic E-state index is 0.00935. The van der Waals surface area contributed by atoms with Crippen LogP contribution in [0.2, 0.25) is 0 Å². The van der Waals surface area contributed by atoms with Crippen molar-refractivity contribution in [2.45, 2.75) is 20.4 Å². The second-order valence-electron chi connectivity index (χ2n) is 5.04. The number of hydrogen-bond donors (Lipinski definition) is 1. The van der Waals surface area contributed by atoms with Crippen LogP contribution >= 0.6 is 0 Å². The van der Waals surface area contributed by atoms with E-state index in [2.05, 4.69) is 24.1 Å². The molecule has 0 bridgehead atoms. The van der Waals surface area contributed by atoms with Gasteiger partial charge in [0.05, 0.1) is 0 Å². The van der Waals surface area contributed by atoms with E-state index in [-0.39, 0.29) is 5.91 Å². The normalized spacial score (nSPS) is 10.9. The van der Waals surface area contributed by atoms with Crippen molar-refractivity contribution in [3.05, 3.63) is 35.4 Å². The Balaban J connectivity index is 2.57. The Morgan fingerprint density at radius 2 is 1.82 bits per heavy atom. The standard InChI is InChI=1S/C14H22N2O/c1-11(2)9-15-14(17)13-7-5-12(6-8-13)10-16(3)4/h5-8,11H,9-10H2,1-4H3,(H,15,17). The first-order valence-corrected chi connectivity index (χ1v) is 6.01. The number of amides is 1. The maximum Gasteiger partial charge on any atom is 0.251 e. The third-order valence-corrected chi connectivity index (χ3v) is 2.39.